The lowest BCUT2D eigenvalue weighted by atomic mass is 10.1. The highest BCUT2D eigenvalue weighted by Gasteiger charge is 2.29. The molecule has 2 aliphatic heterocycles. The minimum Gasteiger partial charge on any atom is -0.389 e. The van der Waals surface area contributed by atoms with Gasteiger partial charge < -0.3 is 20.1 Å². The molecule has 7 nitrogen and oxygen atoms in total. The normalized spacial score (nSPS) is 26.3. The summed E-state index contributed by atoms with van der Waals surface area (Å²) in [5, 5.41) is 17.4. The number of rotatable bonds is 5. The number of aromatic nitrogens is 3. The van der Waals surface area contributed by atoms with Gasteiger partial charge in [-0.3, -0.25) is 0 Å². The molecular formula is C17H22F3N5O2. The van der Waals surface area contributed by atoms with Crippen molar-refractivity contribution in [3.05, 3.63) is 18.1 Å². The van der Waals surface area contributed by atoms with Crippen LogP contribution in [0.1, 0.15) is 19.3 Å². The maximum absolute atomic E-state index is 14.3. The van der Waals surface area contributed by atoms with Crippen molar-refractivity contribution < 1.29 is 23.0 Å². The quantitative estimate of drug-likeness (QED) is 0.819. The van der Waals surface area contributed by atoms with E-state index in [2.05, 4.69) is 15.4 Å². The number of halogens is 3. The third-order valence-electron chi connectivity index (χ3n) is 5.21. The van der Waals surface area contributed by atoms with Crippen LogP contribution >= 0.6 is 0 Å². The molecule has 10 heteroatoms. The van der Waals surface area contributed by atoms with Crippen molar-refractivity contribution in [1.29, 1.82) is 0 Å². The molecule has 0 amide bonds. The van der Waals surface area contributed by atoms with Crippen LogP contribution in [-0.2, 0) is 4.74 Å². The van der Waals surface area contributed by atoms with Crippen LogP contribution in [0.5, 0.6) is 0 Å². The predicted molar refractivity (Wildman–Crippen MR) is 92.7 cm³/mol. The van der Waals surface area contributed by atoms with E-state index in [-0.39, 0.29) is 36.5 Å². The van der Waals surface area contributed by atoms with E-state index < -0.39 is 18.3 Å². The molecule has 0 spiro atoms. The van der Waals surface area contributed by atoms with Gasteiger partial charge in [-0.15, -0.1) is 5.10 Å². The van der Waals surface area contributed by atoms with E-state index in [0.29, 0.717) is 38.4 Å². The van der Waals surface area contributed by atoms with Crippen molar-refractivity contribution in [1.82, 2.24) is 14.6 Å². The summed E-state index contributed by atoms with van der Waals surface area (Å²) in [5.74, 6) is 0.223. The standard InChI is InChI=1S/C17H22F3N5O2/c18-11-6-16(24-3-1-10(8-24)5-15(19)20)25-13(11)7-21-17(23-25)22-12-2-4-27-9-14(12)26/h6-7,10,12,14-15,26H,1-5,8-9H2,(H,22,23)/t10-,12-,14-/m1/s1. The van der Waals surface area contributed by atoms with Crippen molar-refractivity contribution in [2.45, 2.75) is 37.8 Å². The van der Waals surface area contributed by atoms with Gasteiger partial charge in [-0.1, -0.05) is 0 Å². The minimum atomic E-state index is -2.33. The smallest absolute Gasteiger partial charge is 0.241 e. The largest absolute Gasteiger partial charge is 0.389 e. The predicted octanol–water partition coefficient (Wildman–Crippen LogP) is 1.91. The Morgan fingerprint density at radius 1 is 1.37 bits per heavy atom. The van der Waals surface area contributed by atoms with E-state index in [4.69, 9.17) is 4.74 Å². The fraction of sp³-hybridized carbons (Fsp3) is 0.647. The van der Waals surface area contributed by atoms with Gasteiger partial charge in [-0.05, 0) is 18.8 Å². The molecule has 0 saturated carbocycles. The maximum Gasteiger partial charge on any atom is 0.241 e. The summed E-state index contributed by atoms with van der Waals surface area (Å²) in [6.45, 7) is 1.79. The number of anilines is 2. The van der Waals surface area contributed by atoms with E-state index >= 15 is 0 Å². The Morgan fingerprint density at radius 3 is 3.00 bits per heavy atom. The number of hydrogen-bond acceptors (Lipinski definition) is 6. The van der Waals surface area contributed by atoms with Crippen molar-refractivity contribution in [3.63, 3.8) is 0 Å². The van der Waals surface area contributed by atoms with Gasteiger partial charge >= 0.3 is 0 Å². The summed E-state index contributed by atoms with van der Waals surface area (Å²) < 4.78 is 46.2. The minimum absolute atomic E-state index is 0.115. The lowest BCUT2D eigenvalue weighted by molar-refractivity contribution is -0.0136. The number of hydrogen-bond donors (Lipinski definition) is 2. The fourth-order valence-electron chi connectivity index (χ4n) is 3.77. The van der Waals surface area contributed by atoms with Crippen molar-refractivity contribution in [2.75, 3.05) is 36.5 Å². The second-order valence-electron chi connectivity index (χ2n) is 7.14. The molecule has 0 radical (unpaired) electrons. The van der Waals surface area contributed by atoms with Gasteiger partial charge in [0.15, 0.2) is 5.82 Å². The average molecular weight is 385 g/mol. The highest BCUT2D eigenvalue weighted by Crippen LogP contribution is 2.30. The fourth-order valence-corrected chi connectivity index (χ4v) is 3.77. The van der Waals surface area contributed by atoms with E-state index in [1.54, 1.807) is 0 Å². The van der Waals surface area contributed by atoms with Crippen LogP contribution in [0.2, 0.25) is 0 Å². The summed E-state index contributed by atoms with van der Waals surface area (Å²) in [5.41, 5.74) is 0.223. The SMILES string of the molecule is O[C@@H]1COCC[C@H]1Nc1ncc2c(F)cc(N3CC[C@H](CC(F)F)C3)n2n1. The first-order valence-electron chi connectivity index (χ1n) is 9.11. The van der Waals surface area contributed by atoms with Gasteiger partial charge in [0.25, 0.3) is 0 Å². The molecule has 0 aliphatic carbocycles. The van der Waals surface area contributed by atoms with Crippen LogP contribution in [0.25, 0.3) is 5.52 Å². The zero-order chi connectivity index (χ0) is 19.0. The molecule has 0 unspecified atom stereocenters. The molecule has 3 atom stereocenters. The number of aliphatic hydroxyl groups excluding tert-OH is 1. The van der Waals surface area contributed by atoms with Crippen LogP contribution in [-0.4, -0.2) is 64.6 Å². The Morgan fingerprint density at radius 2 is 2.22 bits per heavy atom. The molecule has 4 heterocycles. The van der Waals surface area contributed by atoms with Crippen LogP contribution in [0.15, 0.2) is 12.3 Å². The number of fused-ring (bicyclic) bond motifs is 1. The molecule has 2 aromatic heterocycles. The van der Waals surface area contributed by atoms with Gasteiger partial charge in [0, 0.05) is 32.2 Å². The second-order valence-corrected chi connectivity index (χ2v) is 7.14. The van der Waals surface area contributed by atoms with Gasteiger partial charge in [0.2, 0.25) is 12.4 Å². The molecule has 4 rings (SSSR count). The lowest BCUT2D eigenvalue weighted by Crippen LogP contribution is -2.42. The van der Waals surface area contributed by atoms with Gasteiger partial charge in [-0.2, -0.15) is 0 Å². The molecule has 2 N–H and O–H groups in total. The molecule has 2 saturated heterocycles. The number of ether oxygens (including phenoxy) is 1. The lowest BCUT2D eigenvalue weighted by Gasteiger charge is -2.28. The summed E-state index contributed by atoms with van der Waals surface area (Å²) in [6.07, 6.45) is -0.522. The number of nitrogens with zero attached hydrogens (tertiary/aromatic N) is 4. The third-order valence-corrected chi connectivity index (χ3v) is 5.21. The highest BCUT2D eigenvalue weighted by atomic mass is 19.3. The Balaban J connectivity index is 1.56. The zero-order valence-electron chi connectivity index (χ0n) is 14.7. The average Bonchev–Trinajstić information content (AvgIpc) is 3.21. The van der Waals surface area contributed by atoms with Crippen LogP contribution < -0.4 is 10.2 Å². The molecular weight excluding hydrogens is 363 g/mol. The first kappa shape index (κ1) is 18.3. The molecule has 27 heavy (non-hydrogen) atoms. The first-order valence-corrected chi connectivity index (χ1v) is 9.11. The van der Waals surface area contributed by atoms with E-state index in [9.17, 15) is 18.3 Å². The number of alkyl halides is 2. The van der Waals surface area contributed by atoms with Gasteiger partial charge in [-0.25, -0.2) is 22.7 Å². The Hall–Kier alpha value is -2.07. The van der Waals surface area contributed by atoms with Gasteiger partial charge in [0.1, 0.15) is 11.3 Å². The van der Waals surface area contributed by atoms with Crippen LogP contribution in [0.4, 0.5) is 24.9 Å². The van der Waals surface area contributed by atoms with E-state index in [1.807, 2.05) is 4.90 Å². The number of aliphatic hydroxyl groups is 1. The summed E-state index contributed by atoms with van der Waals surface area (Å²) in [4.78, 5) is 6.02. The summed E-state index contributed by atoms with van der Waals surface area (Å²) in [6, 6.07) is 1.12. The summed E-state index contributed by atoms with van der Waals surface area (Å²) >= 11 is 0. The van der Waals surface area contributed by atoms with Crippen molar-refractivity contribution in [2.24, 2.45) is 5.92 Å². The van der Waals surface area contributed by atoms with Gasteiger partial charge in [0.05, 0.1) is 24.9 Å². The molecule has 2 aliphatic rings. The maximum atomic E-state index is 14.3. The first-order chi connectivity index (χ1) is 13.0. The zero-order valence-corrected chi connectivity index (χ0v) is 14.7. The number of nitrogens with one attached hydrogen (secondary N) is 1. The van der Waals surface area contributed by atoms with Crippen molar-refractivity contribution in [3.8, 4) is 0 Å². The monoisotopic (exact) mass is 385 g/mol. The van der Waals surface area contributed by atoms with Crippen molar-refractivity contribution >= 4 is 17.3 Å². The van der Waals surface area contributed by atoms with Crippen LogP contribution in [0, 0.1) is 11.7 Å². The molecule has 2 aromatic rings. The molecule has 2 fully saturated rings. The summed E-state index contributed by atoms with van der Waals surface area (Å²) in [7, 11) is 0. The Bertz CT molecular complexity index is 802. The Kier molecular flexibility index (Phi) is 5.09. The van der Waals surface area contributed by atoms with E-state index in [1.165, 1.54) is 16.8 Å². The topological polar surface area (TPSA) is 74.9 Å². The molecule has 0 bridgehead atoms. The third kappa shape index (κ3) is 3.81. The second kappa shape index (κ2) is 7.51. The molecule has 148 valence electrons. The molecule has 0 aromatic carbocycles. The highest BCUT2D eigenvalue weighted by molar-refractivity contribution is 5.59. The van der Waals surface area contributed by atoms with Crippen LogP contribution in [0.3, 0.4) is 0 Å². The Labute approximate surface area is 154 Å². The van der Waals surface area contributed by atoms with E-state index in [0.717, 1.165) is 0 Å².